The second-order valence-electron chi connectivity index (χ2n) is 2.68. The molecule has 1 unspecified atom stereocenters. The van der Waals surface area contributed by atoms with Crippen LogP contribution in [0.3, 0.4) is 0 Å². The number of hydrogen-bond acceptors (Lipinski definition) is 3. The van der Waals surface area contributed by atoms with Crippen molar-refractivity contribution in [3.63, 3.8) is 0 Å². The monoisotopic (exact) mass is 164 g/mol. The van der Waals surface area contributed by atoms with Gasteiger partial charge >= 0.3 is 0 Å². The molecule has 0 rings (SSSR count). The number of likely N-dealkylation sites (N-methyl/N-ethyl adjacent to an activating group) is 1. The van der Waals surface area contributed by atoms with Gasteiger partial charge in [-0.2, -0.15) is 0 Å². The van der Waals surface area contributed by atoms with Gasteiger partial charge < -0.3 is 4.90 Å². The van der Waals surface area contributed by atoms with Gasteiger partial charge in [0.1, 0.15) is 0 Å². The minimum Gasteiger partial charge on any atom is -0.308 e. The average molecular weight is 164 g/mol. The van der Waals surface area contributed by atoms with Crippen molar-refractivity contribution in [1.29, 1.82) is 0 Å². The van der Waals surface area contributed by atoms with Crippen LogP contribution in [0.15, 0.2) is 0 Å². The summed E-state index contributed by atoms with van der Waals surface area (Å²) < 4.78 is 2.06. The Labute approximate surface area is 66.3 Å². The summed E-state index contributed by atoms with van der Waals surface area (Å²) in [6.45, 7) is 3.27. The lowest BCUT2D eigenvalue weighted by molar-refractivity contribution is 0.340. The maximum atomic E-state index is 4.24. The second-order valence-corrected chi connectivity index (χ2v) is 5.03. The summed E-state index contributed by atoms with van der Waals surface area (Å²) in [6.07, 6.45) is 0. The van der Waals surface area contributed by atoms with E-state index in [1.54, 1.807) is 0 Å². The van der Waals surface area contributed by atoms with E-state index in [2.05, 4.69) is 42.7 Å². The molecule has 56 valence electrons. The summed E-state index contributed by atoms with van der Waals surface area (Å²) in [5.41, 5.74) is 0. The predicted molar refractivity (Wildman–Crippen MR) is 48.8 cm³/mol. The van der Waals surface area contributed by atoms with Gasteiger partial charge in [-0.3, -0.25) is 3.97 Å². The quantitative estimate of drug-likeness (QED) is 0.438. The van der Waals surface area contributed by atoms with E-state index in [1.165, 1.54) is 0 Å². The molecule has 0 aliphatic carbocycles. The standard InChI is InChI=1S/C5H16N2SSi/c1-5(7(8)9)4-6(2)3/h5,8H,4H2,1-3,9H3. The fourth-order valence-corrected chi connectivity index (χ4v) is 0.883. The molecule has 0 saturated carbocycles. The zero-order valence-corrected chi connectivity index (χ0v) is 9.52. The molecule has 1 atom stereocenters. The van der Waals surface area contributed by atoms with E-state index in [0.717, 1.165) is 16.9 Å². The summed E-state index contributed by atoms with van der Waals surface area (Å²) in [5, 5.41) is 0. The first-order valence-corrected chi connectivity index (χ1v) is 4.40. The van der Waals surface area contributed by atoms with Crippen LogP contribution < -0.4 is 0 Å². The zero-order chi connectivity index (χ0) is 7.44. The fourth-order valence-electron chi connectivity index (χ4n) is 0.647. The molecule has 4 heteroatoms. The van der Waals surface area contributed by atoms with E-state index in [4.69, 9.17) is 0 Å². The number of nitrogens with zero attached hydrogens (tertiary/aromatic N) is 2. The molecule has 0 radical (unpaired) electrons. The molecule has 0 amide bonds. The summed E-state index contributed by atoms with van der Waals surface area (Å²) in [5.74, 6) is 0. The summed E-state index contributed by atoms with van der Waals surface area (Å²) >= 11 is 4.24. The Hall–Kier alpha value is 0.487. The Balaban J connectivity index is 3.38. The van der Waals surface area contributed by atoms with E-state index >= 15 is 0 Å². The van der Waals surface area contributed by atoms with Crippen LogP contribution in [0.1, 0.15) is 6.92 Å². The molecule has 0 spiro atoms. The second kappa shape index (κ2) is 4.33. The van der Waals surface area contributed by atoms with Crippen molar-refractivity contribution < 1.29 is 0 Å². The van der Waals surface area contributed by atoms with Gasteiger partial charge in [0.05, 0.1) is 10.4 Å². The molecule has 0 aromatic heterocycles. The summed E-state index contributed by atoms with van der Waals surface area (Å²) in [4.78, 5) is 2.17. The van der Waals surface area contributed by atoms with E-state index in [-0.39, 0.29) is 0 Å². The molecule has 9 heavy (non-hydrogen) atoms. The molecular formula is C5H16N2SSi. The number of hydrogen-bond donors (Lipinski definition) is 1. The van der Waals surface area contributed by atoms with Crippen molar-refractivity contribution in [2.24, 2.45) is 0 Å². The third-order valence-corrected chi connectivity index (χ3v) is 2.54. The average Bonchev–Trinajstić information content (AvgIpc) is 1.63. The van der Waals surface area contributed by atoms with Crippen molar-refractivity contribution in [2.45, 2.75) is 13.0 Å². The third kappa shape index (κ3) is 4.96. The van der Waals surface area contributed by atoms with Crippen LogP contribution in [0.4, 0.5) is 0 Å². The van der Waals surface area contributed by atoms with Gasteiger partial charge in [-0.25, -0.2) is 0 Å². The first-order valence-electron chi connectivity index (χ1n) is 3.10. The Morgan fingerprint density at radius 2 is 2.00 bits per heavy atom. The SMILES string of the molecule is CC(CN(C)C)N([SiH3])S. The molecule has 0 N–H and O–H groups in total. The molecule has 0 aromatic carbocycles. The normalized spacial score (nSPS) is 15.3. The van der Waals surface area contributed by atoms with Gasteiger partial charge in [0.2, 0.25) is 0 Å². The van der Waals surface area contributed by atoms with Crippen LogP contribution in [0, 0.1) is 0 Å². The summed E-state index contributed by atoms with van der Waals surface area (Å²) in [6, 6.07) is 0.579. The van der Waals surface area contributed by atoms with Gasteiger partial charge in [0, 0.05) is 12.6 Å². The van der Waals surface area contributed by atoms with Crippen molar-refractivity contribution in [3.8, 4) is 0 Å². The minimum atomic E-state index is 0.579. The first-order chi connectivity index (χ1) is 4.04. The largest absolute Gasteiger partial charge is 0.308 e. The van der Waals surface area contributed by atoms with Gasteiger partial charge in [0.25, 0.3) is 0 Å². The van der Waals surface area contributed by atoms with Gasteiger partial charge in [-0.15, -0.1) is 12.8 Å². The Morgan fingerprint density at radius 1 is 1.56 bits per heavy atom. The minimum absolute atomic E-state index is 0.579. The van der Waals surface area contributed by atoms with Crippen LogP contribution in [0.5, 0.6) is 0 Å². The molecule has 2 nitrogen and oxygen atoms in total. The Morgan fingerprint density at radius 3 is 2.11 bits per heavy atom. The molecular weight excluding hydrogens is 148 g/mol. The highest BCUT2D eigenvalue weighted by atomic mass is 32.1. The van der Waals surface area contributed by atoms with Gasteiger partial charge in [-0.05, 0) is 21.0 Å². The number of thiol groups is 1. The lowest BCUT2D eigenvalue weighted by Gasteiger charge is -2.22. The Bertz CT molecular complexity index is 77.4. The van der Waals surface area contributed by atoms with Crippen molar-refractivity contribution in [2.75, 3.05) is 20.6 Å². The van der Waals surface area contributed by atoms with Gasteiger partial charge in [-0.1, -0.05) is 0 Å². The van der Waals surface area contributed by atoms with Crippen molar-refractivity contribution in [3.05, 3.63) is 0 Å². The van der Waals surface area contributed by atoms with Crippen LogP contribution in [-0.4, -0.2) is 46.0 Å². The molecule has 0 fully saturated rings. The highest BCUT2D eigenvalue weighted by molar-refractivity contribution is 7.78. The predicted octanol–water partition coefficient (Wildman–Crippen LogP) is -0.636. The highest BCUT2D eigenvalue weighted by Crippen LogP contribution is 1.97. The maximum absolute atomic E-state index is 4.24. The van der Waals surface area contributed by atoms with E-state index in [9.17, 15) is 0 Å². The smallest absolute Gasteiger partial charge is 0.0929 e. The molecule has 0 saturated heterocycles. The molecule has 0 bridgehead atoms. The van der Waals surface area contributed by atoms with Crippen LogP contribution in [0.25, 0.3) is 0 Å². The molecule has 0 aliphatic rings. The fraction of sp³-hybridized carbons (Fsp3) is 1.00. The van der Waals surface area contributed by atoms with E-state index < -0.39 is 0 Å². The lowest BCUT2D eigenvalue weighted by Crippen LogP contribution is -2.32. The van der Waals surface area contributed by atoms with E-state index in [1.807, 2.05) is 0 Å². The van der Waals surface area contributed by atoms with Gasteiger partial charge in [0.15, 0.2) is 0 Å². The molecule has 0 aromatic rings. The van der Waals surface area contributed by atoms with Crippen LogP contribution in [0.2, 0.25) is 0 Å². The number of rotatable bonds is 3. The topological polar surface area (TPSA) is 6.48 Å². The van der Waals surface area contributed by atoms with Crippen LogP contribution in [-0.2, 0) is 0 Å². The lowest BCUT2D eigenvalue weighted by atomic mass is 10.3. The Kier molecular flexibility index (Phi) is 4.56. The maximum Gasteiger partial charge on any atom is 0.0929 e. The zero-order valence-electron chi connectivity index (χ0n) is 6.63. The molecule has 0 heterocycles. The van der Waals surface area contributed by atoms with Crippen LogP contribution >= 0.6 is 12.8 Å². The summed E-state index contributed by atoms with van der Waals surface area (Å²) in [7, 11) is 5.19. The first kappa shape index (κ1) is 9.49. The van der Waals surface area contributed by atoms with E-state index in [0.29, 0.717) is 6.04 Å². The molecule has 0 aliphatic heterocycles. The highest BCUT2D eigenvalue weighted by Gasteiger charge is 2.04. The van der Waals surface area contributed by atoms with Crippen molar-refractivity contribution in [1.82, 2.24) is 8.87 Å². The third-order valence-electron chi connectivity index (χ3n) is 1.27. The van der Waals surface area contributed by atoms with Crippen molar-refractivity contribution >= 4 is 23.2 Å².